The van der Waals surface area contributed by atoms with Crippen molar-refractivity contribution >= 4 is 41.2 Å². The number of carbonyl (C=O) groups is 5. The van der Waals surface area contributed by atoms with Crippen molar-refractivity contribution in [3.63, 3.8) is 0 Å². The van der Waals surface area contributed by atoms with Crippen molar-refractivity contribution < 1.29 is 28.7 Å². The van der Waals surface area contributed by atoms with Crippen molar-refractivity contribution in [2.75, 3.05) is 6.54 Å². The molecule has 2 saturated carbocycles. The van der Waals surface area contributed by atoms with E-state index < -0.39 is 53.2 Å². The predicted octanol–water partition coefficient (Wildman–Crippen LogP) is 4.50. The van der Waals surface area contributed by atoms with Crippen molar-refractivity contribution in [3.05, 3.63) is 70.7 Å². The standard InChI is InChI=1S/C35H43ClN4O6/c1-21(2)18-28(32(43)39-27(19-23-14-17-37-31(23)42)29(41)33(44)38-26-12-13-26)40-34(45)46-30(22-8-4-3-5-9-22)35(15-7-16-35)24-10-6-11-25(36)20-24/h3-6,8-11,20-21,23,26-28,30H,7,12-19H2,1-2H3,(H,37,42)(H,38,44)(H,39,43)(H,40,45)/t23-,27-,28-,30?/m0/s1. The molecule has 0 spiro atoms. The maximum atomic E-state index is 13.7. The number of halogens is 1. The third kappa shape index (κ3) is 8.07. The number of alkyl carbamates (subject to hydrolysis) is 1. The van der Waals surface area contributed by atoms with E-state index in [0.717, 1.165) is 43.2 Å². The van der Waals surface area contributed by atoms with E-state index in [1.165, 1.54) is 0 Å². The van der Waals surface area contributed by atoms with Crippen molar-refractivity contribution in [2.24, 2.45) is 11.8 Å². The highest BCUT2D eigenvalue weighted by molar-refractivity contribution is 6.38. The number of ether oxygens (including phenoxy) is 1. The number of hydrogen-bond donors (Lipinski definition) is 4. The van der Waals surface area contributed by atoms with Crippen LogP contribution >= 0.6 is 11.6 Å². The van der Waals surface area contributed by atoms with Gasteiger partial charge in [0.05, 0.1) is 6.04 Å². The summed E-state index contributed by atoms with van der Waals surface area (Å²) in [6.45, 7) is 4.30. The van der Waals surface area contributed by atoms with Crippen molar-refractivity contribution in [1.29, 1.82) is 0 Å². The highest BCUT2D eigenvalue weighted by atomic mass is 35.5. The molecule has 246 valence electrons. The first kappa shape index (κ1) is 33.4. The number of ketones is 1. The second kappa shape index (κ2) is 14.7. The zero-order chi connectivity index (χ0) is 32.8. The zero-order valence-electron chi connectivity index (χ0n) is 26.4. The van der Waals surface area contributed by atoms with Crippen LogP contribution in [0.25, 0.3) is 0 Å². The van der Waals surface area contributed by atoms with Gasteiger partial charge < -0.3 is 26.0 Å². The highest BCUT2D eigenvalue weighted by Gasteiger charge is 2.49. The molecule has 4 amide bonds. The number of hydrogen-bond acceptors (Lipinski definition) is 6. The van der Waals surface area contributed by atoms with Gasteiger partial charge in [-0.25, -0.2) is 4.79 Å². The van der Waals surface area contributed by atoms with E-state index >= 15 is 0 Å². The van der Waals surface area contributed by atoms with Gasteiger partial charge in [0.25, 0.3) is 5.91 Å². The van der Waals surface area contributed by atoms with Gasteiger partial charge in [-0.2, -0.15) is 0 Å². The molecule has 4 N–H and O–H groups in total. The Balaban J connectivity index is 1.34. The topological polar surface area (TPSA) is 143 Å². The second-order valence-corrected chi connectivity index (χ2v) is 13.7. The maximum Gasteiger partial charge on any atom is 0.408 e. The van der Waals surface area contributed by atoms with Crippen LogP contribution in [0.15, 0.2) is 54.6 Å². The summed E-state index contributed by atoms with van der Waals surface area (Å²) < 4.78 is 6.21. The molecule has 10 nitrogen and oxygen atoms in total. The minimum absolute atomic E-state index is 0.00154. The lowest BCUT2D eigenvalue weighted by Crippen LogP contribution is -2.55. The van der Waals surface area contributed by atoms with Crippen LogP contribution in [0.2, 0.25) is 5.02 Å². The number of benzene rings is 2. The van der Waals surface area contributed by atoms with Crippen LogP contribution in [0.1, 0.15) is 82.4 Å². The second-order valence-electron chi connectivity index (χ2n) is 13.2. The van der Waals surface area contributed by atoms with E-state index in [-0.39, 0.29) is 30.7 Å². The van der Waals surface area contributed by atoms with Gasteiger partial charge in [-0.15, -0.1) is 0 Å². The van der Waals surface area contributed by atoms with Crippen LogP contribution in [-0.2, 0) is 29.3 Å². The molecule has 1 unspecified atom stereocenters. The minimum Gasteiger partial charge on any atom is -0.440 e. The molecule has 11 heteroatoms. The molecule has 1 aliphatic heterocycles. The van der Waals surface area contributed by atoms with Gasteiger partial charge in [0.1, 0.15) is 12.1 Å². The van der Waals surface area contributed by atoms with Crippen LogP contribution in [0.3, 0.4) is 0 Å². The fourth-order valence-electron chi connectivity index (χ4n) is 6.47. The van der Waals surface area contributed by atoms with Crippen LogP contribution in [0, 0.1) is 11.8 Å². The molecule has 46 heavy (non-hydrogen) atoms. The summed E-state index contributed by atoms with van der Waals surface area (Å²) in [5.74, 6) is -2.93. The summed E-state index contributed by atoms with van der Waals surface area (Å²) in [5.41, 5.74) is 1.31. The smallest absolute Gasteiger partial charge is 0.408 e. The van der Waals surface area contributed by atoms with E-state index in [1.807, 2.05) is 68.4 Å². The van der Waals surface area contributed by atoms with Crippen molar-refractivity contribution in [2.45, 2.75) is 94.9 Å². The van der Waals surface area contributed by atoms with Gasteiger partial charge in [-0.05, 0) is 74.1 Å². The Morgan fingerprint density at radius 1 is 0.978 bits per heavy atom. The summed E-state index contributed by atoms with van der Waals surface area (Å²) in [7, 11) is 0. The maximum absolute atomic E-state index is 13.7. The molecule has 3 aliphatic rings. The number of carbonyl (C=O) groups excluding carboxylic acids is 5. The summed E-state index contributed by atoms with van der Waals surface area (Å²) in [6, 6.07) is 14.8. The number of amides is 4. The Labute approximate surface area is 274 Å². The van der Waals surface area contributed by atoms with E-state index in [0.29, 0.717) is 18.0 Å². The normalized spacial score (nSPS) is 20.4. The van der Waals surface area contributed by atoms with E-state index in [9.17, 15) is 24.0 Å². The SMILES string of the molecule is CC(C)C[C@H](NC(=O)OC(c1ccccc1)C1(c2cccc(Cl)c2)CCC1)C(=O)N[C@@H](C[C@@H]1CCNC1=O)C(=O)C(=O)NC1CC1. The molecule has 3 fully saturated rings. The quantitative estimate of drug-likeness (QED) is 0.222. The Kier molecular flexibility index (Phi) is 10.7. The molecule has 5 rings (SSSR count). The van der Waals surface area contributed by atoms with Crippen LogP contribution < -0.4 is 21.3 Å². The summed E-state index contributed by atoms with van der Waals surface area (Å²) in [5, 5.41) is 11.5. The Bertz CT molecular complexity index is 1440. The number of nitrogens with one attached hydrogen (secondary N) is 4. The molecule has 2 aliphatic carbocycles. The van der Waals surface area contributed by atoms with E-state index in [1.54, 1.807) is 0 Å². The first-order valence-corrected chi connectivity index (χ1v) is 16.6. The monoisotopic (exact) mass is 650 g/mol. The fourth-order valence-corrected chi connectivity index (χ4v) is 6.66. The molecular formula is C35H43ClN4O6. The average Bonchev–Trinajstić information content (AvgIpc) is 3.73. The van der Waals surface area contributed by atoms with Gasteiger partial charge >= 0.3 is 6.09 Å². The average molecular weight is 651 g/mol. The first-order chi connectivity index (χ1) is 22.1. The summed E-state index contributed by atoms with van der Waals surface area (Å²) >= 11 is 6.38. The minimum atomic E-state index is -1.22. The molecule has 0 aromatic heterocycles. The molecule has 1 saturated heterocycles. The lowest BCUT2D eigenvalue weighted by atomic mass is 9.60. The van der Waals surface area contributed by atoms with Gasteiger partial charge in [0, 0.05) is 28.9 Å². The van der Waals surface area contributed by atoms with Crippen LogP contribution in [0.5, 0.6) is 0 Å². The van der Waals surface area contributed by atoms with Gasteiger partial charge in [0.15, 0.2) is 0 Å². The number of Topliss-reactive ketones (excluding diaryl/α,β-unsaturated/α-hetero) is 1. The van der Waals surface area contributed by atoms with Gasteiger partial charge in [-0.3, -0.25) is 19.2 Å². The fraction of sp³-hybridized carbons (Fsp3) is 0.514. The molecule has 2 aromatic carbocycles. The van der Waals surface area contributed by atoms with E-state index in [4.69, 9.17) is 16.3 Å². The summed E-state index contributed by atoms with van der Waals surface area (Å²) in [6.07, 6.45) is 3.46. The van der Waals surface area contributed by atoms with Gasteiger partial charge in [0.2, 0.25) is 17.6 Å². The van der Waals surface area contributed by atoms with Gasteiger partial charge in [-0.1, -0.05) is 74.3 Å². The van der Waals surface area contributed by atoms with E-state index in [2.05, 4.69) is 21.3 Å². The van der Waals surface area contributed by atoms with Crippen molar-refractivity contribution in [3.8, 4) is 0 Å². The third-order valence-electron chi connectivity index (χ3n) is 9.24. The Hall–Kier alpha value is -3.92. The molecule has 1 heterocycles. The molecule has 0 bridgehead atoms. The highest BCUT2D eigenvalue weighted by Crippen LogP contribution is 2.54. The predicted molar refractivity (Wildman–Crippen MR) is 173 cm³/mol. The summed E-state index contributed by atoms with van der Waals surface area (Å²) in [4.78, 5) is 65.7. The Morgan fingerprint density at radius 3 is 2.30 bits per heavy atom. The zero-order valence-corrected chi connectivity index (χ0v) is 27.1. The van der Waals surface area contributed by atoms with Crippen LogP contribution in [-0.4, -0.2) is 54.3 Å². The third-order valence-corrected chi connectivity index (χ3v) is 9.48. The molecule has 2 aromatic rings. The molecule has 0 radical (unpaired) electrons. The largest absolute Gasteiger partial charge is 0.440 e. The first-order valence-electron chi connectivity index (χ1n) is 16.3. The Morgan fingerprint density at radius 2 is 1.72 bits per heavy atom. The molecule has 4 atom stereocenters. The van der Waals surface area contributed by atoms with Crippen molar-refractivity contribution in [1.82, 2.24) is 21.3 Å². The number of rotatable bonds is 14. The lowest BCUT2D eigenvalue weighted by molar-refractivity contribution is -0.141. The lowest BCUT2D eigenvalue weighted by Gasteiger charge is -2.47. The van der Waals surface area contributed by atoms with Crippen LogP contribution in [0.4, 0.5) is 4.79 Å². The molecular weight excluding hydrogens is 608 g/mol.